The fourth-order valence-electron chi connectivity index (χ4n) is 3.81. The van der Waals surface area contributed by atoms with Crippen LogP contribution in [0.3, 0.4) is 0 Å². The molecule has 1 amide bonds. The number of hydrogen-bond acceptors (Lipinski definition) is 2. The number of nitrogens with zero attached hydrogens (tertiary/aromatic N) is 2. The molecule has 1 aliphatic heterocycles. The van der Waals surface area contributed by atoms with Crippen LogP contribution in [0.2, 0.25) is 0 Å². The molecule has 29 heavy (non-hydrogen) atoms. The van der Waals surface area contributed by atoms with E-state index in [2.05, 4.69) is 0 Å². The molecule has 3 aromatic rings. The lowest BCUT2D eigenvalue weighted by atomic mass is 9.92. The molecular weight excluding hydrogens is 370 g/mol. The smallest absolute Gasteiger partial charge is 0.253 e. The van der Waals surface area contributed by atoms with E-state index in [4.69, 9.17) is 4.98 Å². The van der Waals surface area contributed by atoms with E-state index in [9.17, 15) is 13.6 Å². The lowest BCUT2D eigenvalue weighted by molar-refractivity contribution is 0.0712. The molecule has 2 aromatic carbocycles. The number of carbonyl (C=O) groups is 1. The van der Waals surface area contributed by atoms with Crippen molar-refractivity contribution < 1.29 is 13.6 Å². The van der Waals surface area contributed by atoms with Gasteiger partial charge in [-0.15, -0.1) is 0 Å². The van der Waals surface area contributed by atoms with Crippen LogP contribution < -0.4 is 0 Å². The Labute approximate surface area is 169 Å². The zero-order chi connectivity index (χ0) is 20.2. The number of halogens is 2. The second-order valence-electron chi connectivity index (χ2n) is 7.40. The Morgan fingerprint density at radius 3 is 2.38 bits per heavy atom. The summed E-state index contributed by atoms with van der Waals surface area (Å²) >= 11 is 0. The van der Waals surface area contributed by atoms with Crippen LogP contribution in [0, 0.1) is 11.6 Å². The van der Waals surface area contributed by atoms with Crippen LogP contribution in [0.1, 0.15) is 46.1 Å². The number of aromatic nitrogens is 1. The summed E-state index contributed by atoms with van der Waals surface area (Å²) in [6.45, 7) is 1.28. The zero-order valence-electron chi connectivity index (χ0n) is 16.0. The van der Waals surface area contributed by atoms with Gasteiger partial charge in [0.2, 0.25) is 0 Å². The van der Waals surface area contributed by atoms with E-state index in [1.807, 2.05) is 29.2 Å². The highest BCUT2D eigenvalue weighted by Gasteiger charge is 2.25. The molecule has 0 bridgehead atoms. The van der Waals surface area contributed by atoms with Crippen molar-refractivity contribution in [3.63, 3.8) is 0 Å². The minimum absolute atomic E-state index is 0.0651. The number of amides is 1. The predicted octanol–water partition coefficient (Wildman–Crippen LogP) is 4.97. The van der Waals surface area contributed by atoms with Crippen molar-refractivity contribution in [1.82, 2.24) is 9.88 Å². The summed E-state index contributed by atoms with van der Waals surface area (Å²) in [7, 11) is 0. The van der Waals surface area contributed by atoms with Gasteiger partial charge in [0.25, 0.3) is 5.91 Å². The summed E-state index contributed by atoms with van der Waals surface area (Å²) in [4.78, 5) is 19.2. The maximum atomic E-state index is 13.9. The summed E-state index contributed by atoms with van der Waals surface area (Å²) in [6, 6.07) is 18.3. The Morgan fingerprint density at radius 2 is 1.66 bits per heavy atom. The number of rotatable bonds is 4. The molecule has 0 atom stereocenters. The van der Waals surface area contributed by atoms with Gasteiger partial charge < -0.3 is 4.90 Å². The first-order valence-corrected chi connectivity index (χ1v) is 9.84. The quantitative estimate of drug-likeness (QED) is 0.628. The molecular formula is C24H22F2N2O. The van der Waals surface area contributed by atoms with Crippen molar-refractivity contribution in [1.29, 1.82) is 0 Å². The van der Waals surface area contributed by atoms with Crippen molar-refractivity contribution >= 4 is 5.91 Å². The summed E-state index contributed by atoms with van der Waals surface area (Å²) in [6.07, 6.45) is 2.11. The van der Waals surface area contributed by atoms with Gasteiger partial charge in [0.1, 0.15) is 11.6 Å². The SMILES string of the molecule is O=C(c1ccc(F)cc1)N1CCC(c2cccc(Cc3ccccc3F)n2)CC1. The Bertz CT molecular complexity index is 996. The molecule has 0 unspecified atom stereocenters. The van der Waals surface area contributed by atoms with E-state index < -0.39 is 0 Å². The van der Waals surface area contributed by atoms with Gasteiger partial charge in [0, 0.05) is 42.4 Å². The molecule has 1 aromatic heterocycles. The first-order valence-electron chi connectivity index (χ1n) is 9.84. The molecule has 1 aliphatic rings. The molecule has 0 spiro atoms. The van der Waals surface area contributed by atoms with E-state index >= 15 is 0 Å². The lowest BCUT2D eigenvalue weighted by Gasteiger charge is -2.32. The van der Waals surface area contributed by atoms with E-state index in [-0.39, 0.29) is 23.5 Å². The Morgan fingerprint density at radius 1 is 0.931 bits per heavy atom. The maximum Gasteiger partial charge on any atom is 0.253 e. The van der Waals surface area contributed by atoms with Gasteiger partial charge >= 0.3 is 0 Å². The van der Waals surface area contributed by atoms with Crippen molar-refractivity contribution in [3.05, 3.63) is 101 Å². The van der Waals surface area contributed by atoms with Gasteiger partial charge in [-0.1, -0.05) is 24.3 Å². The molecule has 5 heteroatoms. The van der Waals surface area contributed by atoms with Crippen molar-refractivity contribution in [2.24, 2.45) is 0 Å². The van der Waals surface area contributed by atoms with Crippen LogP contribution in [0.25, 0.3) is 0 Å². The van der Waals surface area contributed by atoms with Crippen LogP contribution in [-0.4, -0.2) is 28.9 Å². The molecule has 1 fully saturated rings. The standard InChI is InChI=1S/C24H22F2N2O/c25-20-10-8-18(9-11-20)24(29)28-14-12-17(13-15-28)23-7-3-5-21(27-23)16-19-4-1-2-6-22(19)26/h1-11,17H,12-16H2. The largest absolute Gasteiger partial charge is 0.339 e. The van der Waals surface area contributed by atoms with Crippen LogP contribution in [0.4, 0.5) is 8.78 Å². The van der Waals surface area contributed by atoms with E-state index in [0.717, 1.165) is 24.2 Å². The normalized spacial score (nSPS) is 14.8. The van der Waals surface area contributed by atoms with Gasteiger partial charge in [-0.3, -0.25) is 9.78 Å². The Kier molecular flexibility index (Phi) is 5.65. The average molecular weight is 392 g/mol. The predicted molar refractivity (Wildman–Crippen MR) is 108 cm³/mol. The third-order valence-corrected chi connectivity index (χ3v) is 5.45. The number of piperidine rings is 1. The van der Waals surface area contributed by atoms with Gasteiger partial charge in [-0.2, -0.15) is 0 Å². The van der Waals surface area contributed by atoms with E-state index in [1.165, 1.54) is 30.3 Å². The van der Waals surface area contributed by atoms with E-state index in [1.54, 1.807) is 12.1 Å². The molecule has 4 rings (SSSR count). The first-order chi connectivity index (χ1) is 14.1. The lowest BCUT2D eigenvalue weighted by Crippen LogP contribution is -2.38. The molecule has 3 nitrogen and oxygen atoms in total. The van der Waals surface area contributed by atoms with Crippen LogP contribution in [-0.2, 0) is 6.42 Å². The number of benzene rings is 2. The Hall–Kier alpha value is -3.08. The highest BCUT2D eigenvalue weighted by molar-refractivity contribution is 5.94. The maximum absolute atomic E-state index is 13.9. The summed E-state index contributed by atoms with van der Waals surface area (Å²) in [5, 5.41) is 0. The topological polar surface area (TPSA) is 33.2 Å². The van der Waals surface area contributed by atoms with Crippen LogP contribution >= 0.6 is 0 Å². The third kappa shape index (κ3) is 4.50. The molecule has 1 saturated heterocycles. The van der Waals surface area contributed by atoms with Gasteiger partial charge in [0.15, 0.2) is 0 Å². The number of pyridine rings is 1. The molecule has 2 heterocycles. The van der Waals surface area contributed by atoms with Crippen LogP contribution in [0.5, 0.6) is 0 Å². The van der Waals surface area contributed by atoms with Crippen molar-refractivity contribution in [2.75, 3.05) is 13.1 Å². The van der Waals surface area contributed by atoms with Gasteiger partial charge in [-0.25, -0.2) is 8.78 Å². The fraction of sp³-hybridized carbons (Fsp3) is 0.250. The molecule has 0 radical (unpaired) electrons. The minimum atomic E-state index is -0.346. The summed E-state index contributed by atoms with van der Waals surface area (Å²) in [5.74, 6) is -0.355. The van der Waals surface area contributed by atoms with Crippen LogP contribution in [0.15, 0.2) is 66.7 Å². The van der Waals surface area contributed by atoms with Gasteiger partial charge in [0.05, 0.1) is 0 Å². The minimum Gasteiger partial charge on any atom is -0.339 e. The van der Waals surface area contributed by atoms with Crippen molar-refractivity contribution in [3.8, 4) is 0 Å². The molecule has 148 valence electrons. The molecule has 0 saturated carbocycles. The molecule has 0 aliphatic carbocycles. The Balaban J connectivity index is 1.40. The number of hydrogen-bond donors (Lipinski definition) is 0. The summed E-state index contributed by atoms with van der Waals surface area (Å²) in [5.41, 5.74) is 2.98. The second-order valence-corrected chi connectivity index (χ2v) is 7.40. The summed E-state index contributed by atoms with van der Waals surface area (Å²) < 4.78 is 27.0. The first kappa shape index (κ1) is 19.2. The molecule has 0 N–H and O–H groups in total. The fourth-order valence-corrected chi connectivity index (χ4v) is 3.81. The monoisotopic (exact) mass is 392 g/mol. The number of likely N-dealkylation sites (tertiary alicyclic amines) is 1. The van der Waals surface area contributed by atoms with E-state index in [0.29, 0.717) is 30.6 Å². The highest BCUT2D eigenvalue weighted by atomic mass is 19.1. The highest BCUT2D eigenvalue weighted by Crippen LogP contribution is 2.28. The number of carbonyl (C=O) groups excluding carboxylic acids is 1. The third-order valence-electron chi connectivity index (χ3n) is 5.45. The second kappa shape index (κ2) is 8.52. The average Bonchev–Trinajstić information content (AvgIpc) is 2.76. The van der Waals surface area contributed by atoms with Crippen molar-refractivity contribution in [2.45, 2.75) is 25.2 Å². The van der Waals surface area contributed by atoms with Gasteiger partial charge in [-0.05, 0) is 60.9 Å². The zero-order valence-corrected chi connectivity index (χ0v) is 16.0.